The summed E-state index contributed by atoms with van der Waals surface area (Å²) in [6.07, 6.45) is 0.426. The molecule has 0 N–H and O–H groups in total. The zero-order chi connectivity index (χ0) is 16.4. The summed E-state index contributed by atoms with van der Waals surface area (Å²) in [4.78, 5) is 15.0. The van der Waals surface area contributed by atoms with Gasteiger partial charge in [-0.05, 0) is 36.1 Å². The second-order valence-corrected chi connectivity index (χ2v) is 9.18. The maximum atomic E-state index is 12.6. The largest absolute Gasteiger partial charge is 0.338 e. The average molecular weight is 370 g/mol. The van der Waals surface area contributed by atoms with E-state index in [1.807, 2.05) is 17.5 Å². The van der Waals surface area contributed by atoms with Crippen LogP contribution in [0.3, 0.4) is 0 Å². The molecule has 1 fully saturated rings. The van der Waals surface area contributed by atoms with Crippen LogP contribution in [-0.2, 0) is 9.84 Å². The highest BCUT2D eigenvalue weighted by atomic mass is 35.5. The van der Waals surface area contributed by atoms with E-state index < -0.39 is 15.1 Å². The van der Waals surface area contributed by atoms with Crippen molar-refractivity contribution in [2.75, 3.05) is 18.8 Å². The van der Waals surface area contributed by atoms with Crippen molar-refractivity contribution in [2.24, 2.45) is 0 Å². The maximum Gasteiger partial charge on any atom is 0.253 e. The number of halogens is 1. The minimum absolute atomic E-state index is 0.0120. The van der Waals surface area contributed by atoms with E-state index in [2.05, 4.69) is 0 Å². The number of hydrogen-bond donors (Lipinski definition) is 0. The van der Waals surface area contributed by atoms with E-state index in [0.29, 0.717) is 23.6 Å². The molecular weight excluding hydrogens is 354 g/mol. The van der Waals surface area contributed by atoms with Crippen LogP contribution in [0.15, 0.2) is 41.8 Å². The highest BCUT2D eigenvalue weighted by Gasteiger charge is 2.33. The van der Waals surface area contributed by atoms with Gasteiger partial charge in [0, 0.05) is 28.6 Å². The molecule has 2 aromatic rings. The summed E-state index contributed by atoms with van der Waals surface area (Å²) >= 11 is 7.38. The standard InChI is InChI=1S/C16H16ClNO3S2/c17-13-4-1-3-12(11-13)16(19)18-7-6-15(14-5-2-9-22-14)23(20,21)10-8-18/h1-5,9,11,15H,6-8,10H2. The molecule has 1 amide bonds. The Labute approximate surface area is 144 Å². The number of benzene rings is 1. The van der Waals surface area contributed by atoms with Gasteiger partial charge in [0.1, 0.15) is 0 Å². The van der Waals surface area contributed by atoms with E-state index >= 15 is 0 Å². The molecule has 23 heavy (non-hydrogen) atoms. The molecule has 1 atom stereocenters. The van der Waals surface area contributed by atoms with Gasteiger partial charge >= 0.3 is 0 Å². The summed E-state index contributed by atoms with van der Waals surface area (Å²) in [5.74, 6) is -0.184. The normalized spacial score (nSPS) is 20.9. The van der Waals surface area contributed by atoms with E-state index in [9.17, 15) is 13.2 Å². The average Bonchev–Trinajstić information content (AvgIpc) is 2.98. The van der Waals surface area contributed by atoms with Crippen molar-refractivity contribution in [1.29, 1.82) is 0 Å². The van der Waals surface area contributed by atoms with Crippen molar-refractivity contribution < 1.29 is 13.2 Å². The first-order valence-corrected chi connectivity index (χ1v) is 10.2. The molecule has 1 aromatic heterocycles. The molecule has 122 valence electrons. The van der Waals surface area contributed by atoms with Gasteiger partial charge < -0.3 is 4.90 Å². The molecule has 1 unspecified atom stereocenters. The third-order valence-corrected chi connectivity index (χ3v) is 7.44. The van der Waals surface area contributed by atoms with Crippen LogP contribution in [0, 0.1) is 0 Å². The summed E-state index contributed by atoms with van der Waals surface area (Å²) in [6, 6.07) is 10.4. The van der Waals surface area contributed by atoms with E-state index in [-0.39, 0.29) is 18.2 Å². The van der Waals surface area contributed by atoms with Crippen LogP contribution < -0.4 is 0 Å². The monoisotopic (exact) mass is 369 g/mol. The molecule has 7 heteroatoms. The predicted molar refractivity (Wildman–Crippen MR) is 92.8 cm³/mol. The van der Waals surface area contributed by atoms with Crippen LogP contribution in [0.2, 0.25) is 5.02 Å². The van der Waals surface area contributed by atoms with Crippen LogP contribution >= 0.6 is 22.9 Å². The minimum atomic E-state index is -3.25. The lowest BCUT2D eigenvalue weighted by atomic mass is 10.2. The zero-order valence-electron chi connectivity index (χ0n) is 12.3. The van der Waals surface area contributed by atoms with Crippen molar-refractivity contribution in [3.63, 3.8) is 0 Å². The lowest BCUT2D eigenvalue weighted by Gasteiger charge is -2.20. The van der Waals surface area contributed by atoms with Gasteiger partial charge in [0.25, 0.3) is 5.91 Å². The lowest BCUT2D eigenvalue weighted by Crippen LogP contribution is -2.33. The fourth-order valence-corrected chi connectivity index (χ4v) is 5.94. The Hall–Kier alpha value is -1.37. The maximum absolute atomic E-state index is 12.6. The van der Waals surface area contributed by atoms with E-state index in [1.165, 1.54) is 11.3 Å². The molecule has 0 aliphatic carbocycles. The quantitative estimate of drug-likeness (QED) is 0.815. The Balaban J connectivity index is 1.81. The predicted octanol–water partition coefficient (Wildman–Crippen LogP) is 3.40. The Morgan fingerprint density at radius 3 is 2.74 bits per heavy atom. The number of rotatable bonds is 2. The highest BCUT2D eigenvalue weighted by Crippen LogP contribution is 2.32. The topological polar surface area (TPSA) is 54.5 Å². The first-order valence-electron chi connectivity index (χ1n) is 7.27. The van der Waals surface area contributed by atoms with Gasteiger partial charge in [-0.15, -0.1) is 11.3 Å². The molecule has 0 bridgehead atoms. The zero-order valence-corrected chi connectivity index (χ0v) is 14.7. The third-order valence-electron chi connectivity index (χ3n) is 3.96. The van der Waals surface area contributed by atoms with Crippen molar-refractivity contribution in [2.45, 2.75) is 11.7 Å². The van der Waals surface area contributed by atoms with Crippen LogP contribution in [0.4, 0.5) is 0 Å². The second-order valence-electron chi connectivity index (χ2n) is 5.46. The fraction of sp³-hybridized carbons (Fsp3) is 0.312. The second kappa shape index (κ2) is 6.63. The molecule has 3 rings (SSSR count). The molecule has 4 nitrogen and oxygen atoms in total. The molecule has 2 heterocycles. The summed E-state index contributed by atoms with van der Waals surface area (Å²) in [6.45, 7) is 0.642. The van der Waals surface area contributed by atoms with Gasteiger partial charge in [-0.25, -0.2) is 8.42 Å². The van der Waals surface area contributed by atoms with E-state index in [4.69, 9.17) is 11.6 Å². The van der Waals surface area contributed by atoms with Gasteiger partial charge in [0.15, 0.2) is 9.84 Å². The number of thiophene rings is 1. The van der Waals surface area contributed by atoms with Crippen LogP contribution in [-0.4, -0.2) is 38.1 Å². The van der Waals surface area contributed by atoms with Gasteiger partial charge in [-0.2, -0.15) is 0 Å². The number of hydrogen-bond acceptors (Lipinski definition) is 4. The van der Waals surface area contributed by atoms with Crippen LogP contribution in [0.5, 0.6) is 0 Å². The van der Waals surface area contributed by atoms with Crippen molar-refractivity contribution in [3.8, 4) is 0 Å². The smallest absolute Gasteiger partial charge is 0.253 e. The molecule has 1 aliphatic heterocycles. The molecule has 0 spiro atoms. The van der Waals surface area contributed by atoms with Crippen molar-refractivity contribution in [3.05, 3.63) is 57.2 Å². The first-order chi connectivity index (χ1) is 11.0. The number of carbonyl (C=O) groups excluding carboxylic acids is 1. The van der Waals surface area contributed by atoms with Crippen LogP contribution in [0.25, 0.3) is 0 Å². The number of sulfone groups is 1. The first kappa shape index (κ1) is 16.5. The summed E-state index contributed by atoms with van der Waals surface area (Å²) in [5.41, 5.74) is 0.490. The molecular formula is C16H16ClNO3S2. The third kappa shape index (κ3) is 3.59. The summed E-state index contributed by atoms with van der Waals surface area (Å²) in [7, 11) is -3.25. The number of amides is 1. The molecule has 1 aliphatic rings. The molecule has 1 saturated heterocycles. The Bertz CT molecular complexity index is 802. The Morgan fingerprint density at radius 2 is 2.04 bits per heavy atom. The van der Waals surface area contributed by atoms with E-state index in [0.717, 1.165) is 4.88 Å². The molecule has 0 radical (unpaired) electrons. The fourth-order valence-electron chi connectivity index (χ4n) is 2.75. The van der Waals surface area contributed by atoms with Crippen molar-refractivity contribution in [1.82, 2.24) is 4.90 Å². The molecule has 1 aromatic carbocycles. The SMILES string of the molecule is O=C(c1cccc(Cl)c1)N1CCC(c2cccs2)S(=O)(=O)CC1. The molecule has 0 saturated carbocycles. The minimum Gasteiger partial charge on any atom is -0.338 e. The highest BCUT2D eigenvalue weighted by molar-refractivity contribution is 7.91. The Kier molecular flexibility index (Phi) is 4.75. The van der Waals surface area contributed by atoms with Crippen LogP contribution in [0.1, 0.15) is 26.9 Å². The van der Waals surface area contributed by atoms with E-state index in [1.54, 1.807) is 29.2 Å². The lowest BCUT2D eigenvalue weighted by molar-refractivity contribution is 0.0766. The summed E-state index contributed by atoms with van der Waals surface area (Å²) < 4.78 is 25.0. The number of nitrogens with zero attached hydrogens (tertiary/aromatic N) is 1. The van der Waals surface area contributed by atoms with Gasteiger partial charge in [-0.3, -0.25) is 4.79 Å². The van der Waals surface area contributed by atoms with Gasteiger partial charge in [0.2, 0.25) is 0 Å². The van der Waals surface area contributed by atoms with Crippen molar-refractivity contribution >= 4 is 38.7 Å². The van der Waals surface area contributed by atoms with Gasteiger partial charge in [-0.1, -0.05) is 23.7 Å². The Morgan fingerprint density at radius 1 is 1.22 bits per heavy atom. The summed E-state index contributed by atoms with van der Waals surface area (Å²) in [5, 5.41) is 1.86. The number of carbonyl (C=O) groups is 1. The van der Waals surface area contributed by atoms with Gasteiger partial charge in [0.05, 0.1) is 11.0 Å².